The summed E-state index contributed by atoms with van der Waals surface area (Å²) in [5.41, 5.74) is 1.57. The predicted molar refractivity (Wildman–Crippen MR) is 71.0 cm³/mol. The van der Waals surface area contributed by atoms with Crippen LogP contribution in [0.2, 0.25) is 0 Å². The van der Waals surface area contributed by atoms with Crippen LogP contribution in [0.15, 0.2) is 18.2 Å². The van der Waals surface area contributed by atoms with Crippen LogP contribution in [0, 0.1) is 5.41 Å². The van der Waals surface area contributed by atoms with Gasteiger partial charge in [0, 0.05) is 6.54 Å². The van der Waals surface area contributed by atoms with E-state index in [-0.39, 0.29) is 11.3 Å². The minimum atomic E-state index is -0.180. The van der Waals surface area contributed by atoms with Gasteiger partial charge in [0.15, 0.2) is 0 Å². The van der Waals surface area contributed by atoms with E-state index >= 15 is 0 Å². The summed E-state index contributed by atoms with van der Waals surface area (Å²) in [5.74, 6) is 0.884. The Morgan fingerprint density at radius 2 is 2.22 bits per heavy atom. The Labute approximate surface area is 107 Å². The third-order valence-corrected chi connectivity index (χ3v) is 3.68. The largest absolute Gasteiger partial charge is 0.491 e. The number of amides is 1. The van der Waals surface area contributed by atoms with Gasteiger partial charge in [-0.05, 0) is 31.4 Å². The molecule has 1 aromatic carbocycles. The molecule has 4 heteroatoms. The first-order valence-corrected chi connectivity index (χ1v) is 6.56. The number of ether oxygens (including phenoxy) is 1. The summed E-state index contributed by atoms with van der Waals surface area (Å²) in [6.07, 6.45) is 2.91. The van der Waals surface area contributed by atoms with Crippen LogP contribution in [-0.4, -0.2) is 19.1 Å². The van der Waals surface area contributed by atoms with Crippen molar-refractivity contribution in [1.82, 2.24) is 0 Å². The lowest BCUT2D eigenvalue weighted by molar-refractivity contribution is -0.120. The Kier molecular flexibility index (Phi) is 2.65. The van der Waals surface area contributed by atoms with Gasteiger partial charge < -0.3 is 15.4 Å². The average Bonchev–Trinajstić information content (AvgIpc) is 3.17. The lowest BCUT2D eigenvalue weighted by Gasteiger charge is -2.13. The molecule has 2 N–H and O–H groups in total. The first kappa shape index (κ1) is 11.4. The Morgan fingerprint density at radius 3 is 2.94 bits per heavy atom. The van der Waals surface area contributed by atoms with E-state index in [9.17, 15) is 4.79 Å². The second-order valence-corrected chi connectivity index (χ2v) is 5.12. The van der Waals surface area contributed by atoms with Crippen LogP contribution in [-0.2, 0) is 4.79 Å². The fraction of sp³-hybridized carbons (Fsp3) is 0.500. The van der Waals surface area contributed by atoms with Crippen LogP contribution >= 0.6 is 0 Å². The number of carbonyl (C=O) groups is 1. The summed E-state index contributed by atoms with van der Waals surface area (Å²) in [6.45, 7) is 3.46. The number of hydrogen-bond acceptors (Lipinski definition) is 3. The van der Waals surface area contributed by atoms with E-state index in [1.54, 1.807) is 0 Å². The van der Waals surface area contributed by atoms with Gasteiger partial charge in [-0.15, -0.1) is 0 Å². The molecule has 96 valence electrons. The van der Waals surface area contributed by atoms with Crippen molar-refractivity contribution in [1.29, 1.82) is 0 Å². The van der Waals surface area contributed by atoms with Crippen molar-refractivity contribution in [2.24, 2.45) is 5.41 Å². The van der Waals surface area contributed by atoms with E-state index in [4.69, 9.17) is 4.74 Å². The van der Waals surface area contributed by atoms with Gasteiger partial charge >= 0.3 is 0 Å². The molecular weight excluding hydrogens is 228 g/mol. The highest BCUT2D eigenvalue weighted by Crippen LogP contribution is 2.49. The summed E-state index contributed by atoms with van der Waals surface area (Å²) in [6, 6.07) is 5.84. The number of anilines is 2. The minimum absolute atomic E-state index is 0.126. The fourth-order valence-corrected chi connectivity index (χ4v) is 2.29. The van der Waals surface area contributed by atoms with Crippen molar-refractivity contribution in [3.63, 3.8) is 0 Å². The van der Waals surface area contributed by atoms with E-state index in [0.717, 1.165) is 42.9 Å². The number of carbonyl (C=O) groups excluding carboxylic acids is 1. The van der Waals surface area contributed by atoms with Crippen LogP contribution in [0.3, 0.4) is 0 Å². The third kappa shape index (κ3) is 1.82. The van der Waals surface area contributed by atoms with Crippen molar-refractivity contribution < 1.29 is 9.53 Å². The van der Waals surface area contributed by atoms with Crippen LogP contribution in [0.5, 0.6) is 5.75 Å². The number of hydrogen-bond donors (Lipinski definition) is 2. The van der Waals surface area contributed by atoms with Crippen molar-refractivity contribution in [3.05, 3.63) is 18.2 Å². The summed E-state index contributed by atoms with van der Waals surface area (Å²) in [4.78, 5) is 12.2. The maximum Gasteiger partial charge on any atom is 0.232 e. The SMILES string of the molecule is CCCOc1cccc2c1NC(=O)C1(CC1)CN2. The quantitative estimate of drug-likeness (QED) is 0.862. The molecule has 4 nitrogen and oxygen atoms in total. The Morgan fingerprint density at radius 1 is 1.39 bits per heavy atom. The zero-order chi connectivity index (χ0) is 12.6. The Balaban J connectivity index is 1.91. The highest BCUT2D eigenvalue weighted by molar-refractivity contribution is 6.03. The smallest absolute Gasteiger partial charge is 0.232 e. The second kappa shape index (κ2) is 4.19. The first-order chi connectivity index (χ1) is 8.75. The van der Waals surface area contributed by atoms with Gasteiger partial charge in [-0.25, -0.2) is 0 Å². The predicted octanol–water partition coefficient (Wildman–Crippen LogP) is 2.62. The lowest BCUT2D eigenvalue weighted by Crippen LogP contribution is -2.27. The third-order valence-electron chi connectivity index (χ3n) is 3.68. The molecule has 0 unspecified atom stereocenters. The van der Waals surface area contributed by atoms with Gasteiger partial charge in [0.2, 0.25) is 5.91 Å². The Hall–Kier alpha value is -1.71. The summed E-state index contributed by atoms with van der Waals surface area (Å²) in [7, 11) is 0. The molecule has 1 aliphatic heterocycles. The summed E-state index contributed by atoms with van der Waals surface area (Å²) >= 11 is 0. The second-order valence-electron chi connectivity index (χ2n) is 5.12. The highest BCUT2D eigenvalue weighted by Gasteiger charge is 2.51. The van der Waals surface area contributed by atoms with Crippen LogP contribution in [0.4, 0.5) is 11.4 Å². The molecule has 0 saturated heterocycles. The molecular formula is C14H18N2O2. The van der Waals surface area contributed by atoms with Crippen LogP contribution in [0.1, 0.15) is 26.2 Å². The molecule has 1 aliphatic carbocycles. The first-order valence-electron chi connectivity index (χ1n) is 6.56. The normalized spacial score (nSPS) is 19.5. The average molecular weight is 246 g/mol. The van der Waals surface area contributed by atoms with Crippen molar-refractivity contribution in [2.75, 3.05) is 23.8 Å². The van der Waals surface area contributed by atoms with Crippen molar-refractivity contribution in [3.8, 4) is 5.75 Å². The topological polar surface area (TPSA) is 50.4 Å². The van der Waals surface area contributed by atoms with Gasteiger partial charge in [-0.1, -0.05) is 13.0 Å². The number of fused-ring (bicyclic) bond motifs is 1. The van der Waals surface area contributed by atoms with Crippen molar-refractivity contribution >= 4 is 17.3 Å². The lowest BCUT2D eigenvalue weighted by atomic mass is 10.1. The molecule has 1 saturated carbocycles. The molecule has 0 aromatic heterocycles. The zero-order valence-corrected chi connectivity index (χ0v) is 10.6. The van der Waals surface area contributed by atoms with Gasteiger partial charge in [0.05, 0.1) is 17.7 Å². The molecule has 1 aromatic rings. The standard InChI is InChI=1S/C14H18N2O2/c1-2-8-18-11-5-3-4-10-12(11)16-13(17)14(6-7-14)9-15-10/h3-5,15H,2,6-9H2,1H3,(H,16,17). The van der Waals surface area contributed by atoms with E-state index in [2.05, 4.69) is 17.6 Å². The molecule has 0 radical (unpaired) electrons. The summed E-state index contributed by atoms with van der Waals surface area (Å²) in [5, 5.41) is 6.39. The van der Waals surface area contributed by atoms with Crippen LogP contribution < -0.4 is 15.4 Å². The number of rotatable bonds is 3. The van der Waals surface area contributed by atoms with Gasteiger partial charge in [-0.2, -0.15) is 0 Å². The van der Waals surface area contributed by atoms with Crippen molar-refractivity contribution in [2.45, 2.75) is 26.2 Å². The van der Waals surface area contributed by atoms with E-state index < -0.39 is 0 Å². The van der Waals surface area contributed by atoms with E-state index in [1.807, 2.05) is 18.2 Å². The Bertz CT molecular complexity index is 481. The number of para-hydroxylation sites is 1. The van der Waals surface area contributed by atoms with Gasteiger partial charge in [-0.3, -0.25) is 4.79 Å². The fourth-order valence-electron chi connectivity index (χ4n) is 2.29. The minimum Gasteiger partial charge on any atom is -0.491 e. The summed E-state index contributed by atoms with van der Waals surface area (Å²) < 4.78 is 5.69. The molecule has 3 rings (SSSR count). The van der Waals surface area contributed by atoms with E-state index in [0.29, 0.717) is 6.61 Å². The molecule has 1 spiro atoms. The van der Waals surface area contributed by atoms with E-state index in [1.165, 1.54) is 0 Å². The molecule has 2 aliphatic rings. The number of nitrogens with one attached hydrogen (secondary N) is 2. The van der Waals surface area contributed by atoms with Gasteiger partial charge in [0.25, 0.3) is 0 Å². The molecule has 0 bridgehead atoms. The molecule has 1 heterocycles. The maximum absolute atomic E-state index is 12.2. The highest BCUT2D eigenvalue weighted by atomic mass is 16.5. The van der Waals surface area contributed by atoms with Crippen LogP contribution in [0.25, 0.3) is 0 Å². The molecule has 0 atom stereocenters. The maximum atomic E-state index is 12.2. The monoisotopic (exact) mass is 246 g/mol. The van der Waals surface area contributed by atoms with Gasteiger partial charge in [0.1, 0.15) is 11.4 Å². The molecule has 1 amide bonds. The molecule has 18 heavy (non-hydrogen) atoms. The number of benzene rings is 1. The molecule has 1 fully saturated rings. The zero-order valence-electron chi connectivity index (χ0n) is 10.6.